The minimum absolute atomic E-state index is 0.153. The molecule has 3 atom stereocenters. The second kappa shape index (κ2) is 8.34. The molecule has 0 radical (unpaired) electrons. The van der Waals surface area contributed by atoms with Crippen LogP contribution in [0.25, 0.3) is 0 Å². The summed E-state index contributed by atoms with van der Waals surface area (Å²) in [7, 11) is -5.81. The van der Waals surface area contributed by atoms with Gasteiger partial charge in [-0.1, -0.05) is 0 Å². The number of rotatable bonds is 5. The predicted octanol–water partition coefficient (Wildman–Crippen LogP) is -0.464. The van der Waals surface area contributed by atoms with Gasteiger partial charge in [-0.25, -0.2) is 8.42 Å². The van der Waals surface area contributed by atoms with E-state index in [2.05, 4.69) is 4.74 Å². The fraction of sp³-hybridized carbons (Fsp3) is 0.562. The zero-order valence-corrected chi connectivity index (χ0v) is 16.5. The van der Waals surface area contributed by atoms with E-state index >= 15 is 0 Å². The number of amides is 1. The second-order valence-electron chi connectivity index (χ2n) is 7.27. The first-order chi connectivity index (χ1) is 13.9. The van der Waals surface area contributed by atoms with E-state index in [4.69, 9.17) is 5.73 Å². The van der Waals surface area contributed by atoms with Gasteiger partial charge in [-0.15, -0.1) is 13.2 Å². The minimum Gasteiger partial charge on any atom is -0.426 e. The van der Waals surface area contributed by atoms with E-state index in [1.165, 1.54) is 4.90 Å². The van der Waals surface area contributed by atoms with Crippen molar-refractivity contribution in [3.05, 3.63) is 24.3 Å². The van der Waals surface area contributed by atoms with E-state index in [1.807, 2.05) is 0 Å². The fourth-order valence-corrected chi connectivity index (χ4v) is 5.30. The summed E-state index contributed by atoms with van der Waals surface area (Å²) >= 11 is 0. The molecule has 2 heterocycles. The topological polar surface area (TPSA) is 133 Å². The maximum Gasteiger partial charge on any atom is 0.573 e. The third-order valence-electron chi connectivity index (χ3n) is 5.27. The van der Waals surface area contributed by atoms with Crippen LogP contribution in [0.1, 0.15) is 12.8 Å². The monoisotopic (exact) mass is 451 g/mol. The Morgan fingerprint density at radius 3 is 2.40 bits per heavy atom. The van der Waals surface area contributed by atoms with E-state index < -0.39 is 53.1 Å². The number of carbonyl (C=O) groups is 1. The van der Waals surface area contributed by atoms with Crippen molar-refractivity contribution in [3.63, 3.8) is 0 Å². The third-order valence-corrected chi connectivity index (χ3v) is 7.12. The van der Waals surface area contributed by atoms with Gasteiger partial charge in [-0.05, 0) is 37.1 Å². The maximum atomic E-state index is 12.8. The van der Waals surface area contributed by atoms with Gasteiger partial charge in [0.25, 0.3) is 0 Å². The molecule has 30 heavy (non-hydrogen) atoms. The van der Waals surface area contributed by atoms with Crippen LogP contribution in [-0.2, 0) is 14.8 Å². The molecular formula is C16H21BF3N3O6S. The second-order valence-corrected chi connectivity index (χ2v) is 9.20. The Balaban J connectivity index is 1.73. The third kappa shape index (κ3) is 4.72. The summed E-state index contributed by atoms with van der Waals surface area (Å²) in [5.74, 6) is -2.65. The smallest absolute Gasteiger partial charge is 0.426 e. The number of ether oxygens (including phenoxy) is 1. The summed E-state index contributed by atoms with van der Waals surface area (Å²) in [6.45, 7) is -0.0502. The van der Waals surface area contributed by atoms with Crippen molar-refractivity contribution in [2.75, 3.05) is 19.6 Å². The number of alkyl halides is 3. The first-order valence-electron chi connectivity index (χ1n) is 9.18. The number of hydrogen-bond acceptors (Lipinski definition) is 7. The van der Waals surface area contributed by atoms with Gasteiger partial charge in [0, 0.05) is 25.7 Å². The van der Waals surface area contributed by atoms with Crippen LogP contribution in [0, 0.1) is 5.92 Å². The van der Waals surface area contributed by atoms with Gasteiger partial charge >= 0.3 is 13.5 Å². The van der Waals surface area contributed by atoms with Crippen molar-refractivity contribution >= 4 is 23.0 Å². The van der Waals surface area contributed by atoms with Crippen LogP contribution in [0.2, 0.25) is 0 Å². The van der Waals surface area contributed by atoms with Crippen molar-refractivity contribution in [2.45, 2.75) is 36.1 Å². The standard InChI is InChI=1S/C16H21BF3N3O6S/c18-16(19,20)29-10-3-5-11(6-4-10)30(27,28)22-8-12(13(21)9-22)15(24)23-7-1-2-14(23)17(25)26/h3-6,12-14,25-26H,1-2,7-9,21H2/t12-,13-,14-/m0/s1. The fourth-order valence-electron chi connectivity index (χ4n) is 3.80. The molecule has 0 unspecified atom stereocenters. The molecule has 2 aliphatic heterocycles. The van der Waals surface area contributed by atoms with Crippen molar-refractivity contribution in [1.29, 1.82) is 0 Å². The minimum atomic E-state index is -4.90. The van der Waals surface area contributed by atoms with E-state index in [-0.39, 0.29) is 18.0 Å². The predicted molar refractivity (Wildman–Crippen MR) is 98.3 cm³/mol. The highest BCUT2D eigenvalue weighted by atomic mass is 32.2. The lowest BCUT2D eigenvalue weighted by molar-refractivity contribution is -0.274. The molecule has 0 bridgehead atoms. The Hall–Kier alpha value is -1.87. The lowest BCUT2D eigenvalue weighted by atomic mass is 9.77. The van der Waals surface area contributed by atoms with Crippen LogP contribution in [0.3, 0.4) is 0 Å². The number of likely N-dealkylation sites (tertiary alicyclic amines) is 1. The summed E-state index contributed by atoms with van der Waals surface area (Å²) < 4.78 is 67.2. The van der Waals surface area contributed by atoms with E-state index in [0.717, 1.165) is 28.6 Å². The number of sulfonamides is 1. The van der Waals surface area contributed by atoms with E-state index in [0.29, 0.717) is 19.4 Å². The Morgan fingerprint density at radius 2 is 1.83 bits per heavy atom. The van der Waals surface area contributed by atoms with Crippen LogP contribution in [0.15, 0.2) is 29.2 Å². The maximum absolute atomic E-state index is 12.8. The van der Waals surface area contributed by atoms with Gasteiger partial charge in [0.1, 0.15) is 5.75 Å². The van der Waals surface area contributed by atoms with Crippen LogP contribution >= 0.6 is 0 Å². The first-order valence-corrected chi connectivity index (χ1v) is 10.6. The molecule has 0 aromatic heterocycles. The summed E-state index contributed by atoms with van der Waals surface area (Å²) in [4.78, 5) is 13.9. The van der Waals surface area contributed by atoms with Crippen LogP contribution in [0.5, 0.6) is 5.75 Å². The summed E-state index contributed by atoms with van der Waals surface area (Å²) in [6.07, 6.45) is -3.89. The van der Waals surface area contributed by atoms with Crippen LogP contribution in [-0.4, -0.2) is 78.7 Å². The molecule has 2 saturated heterocycles. The number of hydrogen-bond donors (Lipinski definition) is 3. The molecule has 1 amide bonds. The zero-order chi connectivity index (χ0) is 22.3. The average Bonchev–Trinajstić information content (AvgIpc) is 3.27. The summed E-state index contributed by atoms with van der Waals surface area (Å²) in [5.41, 5.74) is 6.00. The van der Waals surface area contributed by atoms with Crippen LogP contribution in [0.4, 0.5) is 13.2 Å². The van der Waals surface area contributed by atoms with Crippen molar-refractivity contribution in [2.24, 2.45) is 11.7 Å². The molecule has 14 heteroatoms. The molecule has 1 aromatic carbocycles. The van der Waals surface area contributed by atoms with Crippen molar-refractivity contribution < 1.29 is 41.2 Å². The van der Waals surface area contributed by atoms with Crippen molar-refractivity contribution in [1.82, 2.24) is 9.21 Å². The highest BCUT2D eigenvalue weighted by Gasteiger charge is 2.46. The number of carbonyl (C=O) groups excluding carboxylic acids is 1. The van der Waals surface area contributed by atoms with Gasteiger partial charge in [-0.3, -0.25) is 4.79 Å². The number of halogens is 3. The Morgan fingerprint density at radius 1 is 1.20 bits per heavy atom. The molecule has 2 fully saturated rings. The normalized spacial score (nSPS) is 25.5. The quantitative estimate of drug-likeness (QED) is 0.516. The Kier molecular flexibility index (Phi) is 6.34. The molecule has 3 rings (SSSR count). The highest BCUT2D eigenvalue weighted by Crippen LogP contribution is 2.30. The Bertz CT molecular complexity index is 883. The molecular weight excluding hydrogens is 430 g/mol. The van der Waals surface area contributed by atoms with Gasteiger partial charge < -0.3 is 25.4 Å². The molecule has 0 saturated carbocycles. The SMILES string of the molecule is N[C@H]1CN(S(=O)(=O)c2ccc(OC(F)(F)F)cc2)C[C@@H]1C(=O)N1CCC[C@H]1B(O)O. The van der Waals surface area contributed by atoms with Crippen molar-refractivity contribution in [3.8, 4) is 5.75 Å². The molecule has 2 aliphatic rings. The van der Waals surface area contributed by atoms with Gasteiger partial charge in [0.05, 0.1) is 16.8 Å². The molecule has 166 valence electrons. The first kappa shape index (κ1) is 22.8. The van der Waals surface area contributed by atoms with Crippen LogP contribution < -0.4 is 10.5 Å². The number of benzene rings is 1. The molecule has 9 nitrogen and oxygen atoms in total. The lowest BCUT2D eigenvalue weighted by Crippen LogP contribution is -2.50. The summed E-state index contributed by atoms with van der Waals surface area (Å²) in [6, 6.07) is 2.93. The number of nitrogens with two attached hydrogens (primary N) is 1. The van der Waals surface area contributed by atoms with E-state index in [9.17, 15) is 36.4 Å². The lowest BCUT2D eigenvalue weighted by Gasteiger charge is -2.28. The highest BCUT2D eigenvalue weighted by molar-refractivity contribution is 7.89. The summed E-state index contributed by atoms with van der Waals surface area (Å²) in [5, 5.41) is 18.9. The molecule has 4 N–H and O–H groups in total. The Labute approximate surface area is 171 Å². The molecule has 0 spiro atoms. The molecule has 0 aliphatic carbocycles. The van der Waals surface area contributed by atoms with Gasteiger partial charge in [0.15, 0.2) is 0 Å². The molecule has 1 aromatic rings. The number of nitrogens with zero attached hydrogens (tertiary/aromatic N) is 2. The average molecular weight is 451 g/mol. The van der Waals surface area contributed by atoms with Gasteiger partial charge in [0.2, 0.25) is 15.9 Å². The van der Waals surface area contributed by atoms with Gasteiger partial charge in [-0.2, -0.15) is 4.31 Å². The zero-order valence-electron chi connectivity index (χ0n) is 15.7. The van der Waals surface area contributed by atoms with E-state index in [1.54, 1.807) is 0 Å². The largest absolute Gasteiger partial charge is 0.573 e.